The molecule has 0 aliphatic rings. The van der Waals surface area contributed by atoms with E-state index in [0.717, 1.165) is 5.69 Å². The Kier molecular flexibility index (Phi) is 4.05. The number of nitrogens with zero attached hydrogens (tertiary/aromatic N) is 1. The van der Waals surface area contributed by atoms with Crippen LogP contribution in [0.1, 0.15) is 17.8 Å². The molecule has 0 bridgehead atoms. The molecule has 0 spiro atoms. The number of benzene rings is 1. The summed E-state index contributed by atoms with van der Waals surface area (Å²) in [5.74, 6) is 0. The third kappa shape index (κ3) is 2.58. The summed E-state index contributed by atoms with van der Waals surface area (Å²) in [5, 5.41) is 3.07. The molecular weight excluding hydrogens is 287 g/mol. The SMILES string of the molecule is CC(c1cccs1)N(C)c1cc(Cl)c(Cl)cc1N. The van der Waals surface area contributed by atoms with Crippen LogP contribution in [0, 0.1) is 0 Å². The summed E-state index contributed by atoms with van der Waals surface area (Å²) in [5.41, 5.74) is 7.53. The van der Waals surface area contributed by atoms with Crippen LogP contribution in [0.3, 0.4) is 0 Å². The Morgan fingerprint density at radius 3 is 2.56 bits per heavy atom. The molecule has 2 N–H and O–H groups in total. The van der Waals surface area contributed by atoms with E-state index in [2.05, 4.69) is 23.3 Å². The van der Waals surface area contributed by atoms with E-state index in [0.29, 0.717) is 15.7 Å². The Labute approximate surface area is 121 Å². The first kappa shape index (κ1) is 13.5. The van der Waals surface area contributed by atoms with Gasteiger partial charge in [0.25, 0.3) is 0 Å². The summed E-state index contributed by atoms with van der Waals surface area (Å²) < 4.78 is 0. The summed E-state index contributed by atoms with van der Waals surface area (Å²) in [7, 11) is 2.00. The molecule has 1 unspecified atom stereocenters. The van der Waals surface area contributed by atoms with Crippen molar-refractivity contribution in [1.82, 2.24) is 0 Å². The second-order valence-corrected chi connectivity index (χ2v) is 5.92. The first-order valence-electron chi connectivity index (χ1n) is 5.51. The molecule has 0 aliphatic heterocycles. The van der Waals surface area contributed by atoms with Gasteiger partial charge >= 0.3 is 0 Å². The normalized spacial score (nSPS) is 12.4. The zero-order valence-corrected chi connectivity index (χ0v) is 12.5. The molecule has 0 fully saturated rings. The number of nitrogen functional groups attached to an aromatic ring is 1. The van der Waals surface area contributed by atoms with Gasteiger partial charge in [-0.25, -0.2) is 0 Å². The Balaban J connectivity index is 2.34. The quantitative estimate of drug-likeness (QED) is 0.822. The molecule has 5 heteroatoms. The van der Waals surface area contributed by atoms with Crippen LogP contribution in [0.15, 0.2) is 29.6 Å². The van der Waals surface area contributed by atoms with E-state index in [-0.39, 0.29) is 6.04 Å². The summed E-state index contributed by atoms with van der Waals surface area (Å²) in [4.78, 5) is 3.38. The highest BCUT2D eigenvalue weighted by atomic mass is 35.5. The second-order valence-electron chi connectivity index (χ2n) is 4.13. The third-order valence-corrected chi connectivity index (χ3v) is 4.75. The van der Waals surface area contributed by atoms with Crippen molar-refractivity contribution in [3.63, 3.8) is 0 Å². The molecule has 2 rings (SSSR count). The summed E-state index contributed by atoms with van der Waals surface area (Å²) in [6.07, 6.45) is 0. The fourth-order valence-corrected chi connectivity index (χ4v) is 2.94. The average Bonchev–Trinajstić information content (AvgIpc) is 2.85. The van der Waals surface area contributed by atoms with Gasteiger partial charge in [0.1, 0.15) is 0 Å². The van der Waals surface area contributed by atoms with E-state index >= 15 is 0 Å². The molecule has 2 nitrogen and oxygen atoms in total. The summed E-state index contributed by atoms with van der Waals surface area (Å²) >= 11 is 13.7. The minimum atomic E-state index is 0.240. The number of thiophene rings is 1. The summed E-state index contributed by atoms with van der Waals surface area (Å²) in [6.45, 7) is 2.13. The topological polar surface area (TPSA) is 29.3 Å². The van der Waals surface area contributed by atoms with E-state index in [1.54, 1.807) is 17.4 Å². The highest BCUT2D eigenvalue weighted by molar-refractivity contribution is 7.10. The van der Waals surface area contributed by atoms with Crippen molar-refractivity contribution in [2.45, 2.75) is 13.0 Å². The number of halogens is 2. The largest absolute Gasteiger partial charge is 0.397 e. The lowest BCUT2D eigenvalue weighted by molar-refractivity contribution is 0.755. The Hall–Kier alpha value is -0.900. The van der Waals surface area contributed by atoms with E-state index in [4.69, 9.17) is 28.9 Å². The van der Waals surface area contributed by atoms with Gasteiger partial charge in [-0.1, -0.05) is 29.3 Å². The van der Waals surface area contributed by atoms with E-state index < -0.39 is 0 Å². The Morgan fingerprint density at radius 2 is 1.94 bits per heavy atom. The van der Waals surface area contributed by atoms with Crippen molar-refractivity contribution in [3.8, 4) is 0 Å². The number of anilines is 2. The van der Waals surface area contributed by atoms with Crippen LogP contribution in [-0.4, -0.2) is 7.05 Å². The second kappa shape index (κ2) is 5.39. The van der Waals surface area contributed by atoms with Crippen LogP contribution in [0.25, 0.3) is 0 Å². The molecule has 0 amide bonds. The fraction of sp³-hybridized carbons (Fsp3) is 0.231. The summed E-state index contributed by atoms with van der Waals surface area (Å²) in [6, 6.07) is 7.90. The van der Waals surface area contributed by atoms with Gasteiger partial charge in [-0.15, -0.1) is 11.3 Å². The standard InChI is InChI=1S/C13H14Cl2N2S/c1-8(13-4-3-5-18-13)17(2)12-7-10(15)9(14)6-11(12)16/h3-8H,16H2,1-2H3. The lowest BCUT2D eigenvalue weighted by atomic mass is 10.2. The van der Waals surface area contributed by atoms with Crippen molar-refractivity contribution >= 4 is 45.9 Å². The van der Waals surface area contributed by atoms with Gasteiger partial charge in [-0.3, -0.25) is 0 Å². The maximum Gasteiger partial charge on any atom is 0.0618 e. The van der Waals surface area contributed by atoms with Crippen LogP contribution in [0.4, 0.5) is 11.4 Å². The van der Waals surface area contributed by atoms with Crippen molar-refractivity contribution < 1.29 is 0 Å². The maximum atomic E-state index is 6.05. The van der Waals surface area contributed by atoms with Gasteiger partial charge in [0, 0.05) is 11.9 Å². The fourth-order valence-electron chi connectivity index (χ4n) is 1.79. The minimum absolute atomic E-state index is 0.240. The molecule has 96 valence electrons. The van der Waals surface area contributed by atoms with Gasteiger partial charge in [0.2, 0.25) is 0 Å². The predicted molar refractivity (Wildman–Crippen MR) is 82.0 cm³/mol. The van der Waals surface area contributed by atoms with Crippen molar-refractivity contribution in [2.75, 3.05) is 17.7 Å². The lowest BCUT2D eigenvalue weighted by Gasteiger charge is -2.27. The number of hydrogen-bond acceptors (Lipinski definition) is 3. The minimum Gasteiger partial charge on any atom is -0.397 e. The van der Waals surface area contributed by atoms with Crippen LogP contribution in [0.2, 0.25) is 10.0 Å². The van der Waals surface area contributed by atoms with Gasteiger partial charge in [-0.05, 0) is 30.5 Å². The van der Waals surface area contributed by atoms with Crippen LogP contribution >= 0.6 is 34.5 Å². The molecule has 0 radical (unpaired) electrons. The molecular formula is C13H14Cl2N2S. The number of nitrogens with two attached hydrogens (primary N) is 1. The Bertz CT molecular complexity index is 540. The highest BCUT2D eigenvalue weighted by Crippen LogP contribution is 2.36. The molecule has 0 saturated heterocycles. The number of rotatable bonds is 3. The average molecular weight is 301 g/mol. The van der Waals surface area contributed by atoms with Crippen LogP contribution in [-0.2, 0) is 0 Å². The van der Waals surface area contributed by atoms with Crippen LogP contribution < -0.4 is 10.6 Å². The van der Waals surface area contributed by atoms with E-state index in [1.807, 2.05) is 19.2 Å². The molecule has 1 aromatic carbocycles. The zero-order chi connectivity index (χ0) is 13.3. The molecule has 0 saturated carbocycles. The lowest BCUT2D eigenvalue weighted by Crippen LogP contribution is -2.21. The third-order valence-electron chi connectivity index (χ3n) is 2.99. The van der Waals surface area contributed by atoms with Crippen LogP contribution in [0.5, 0.6) is 0 Å². The molecule has 18 heavy (non-hydrogen) atoms. The molecule has 1 aromatic heterocycles. The Morgan fingerprint density at radius 1 is 1.28 bits per heavy atom. The smallest absolute Gasteiger partial charge is 0.0618 e. The first-order valence-corrected chi connectivity index (χ1v) is 7.15. The van der Waals surface area contributed by atoms with Crippen molar-refractivity contribution in [2.24, 2.45) is 0 Å². The van der Waals surface area contributed by atoms with Crippen molar-refractivity contribution in [3.05, 3.63) is 44.6 Å². The van der Waals surface area contributed by atoms with Gasteiger partial charge in [0.05, 0.1) is 27.5 Å². The molecule has 1 heterocycles. The highest BCUT2D eigenvalue weighted by Gasteiger charge is 2.16. The maximum absolute atomic E-state index is 6.05. The number of hydrogen-bond donors (Lipinski definition) is 1. The molecule has 1 atom stereocenters. The van der Waals surface area contributed by atoms with Gasteiger partial charge in [-0.2, -0.15) is 0 Å². The predicted octanol–water partition coefficient (Wildman–Crippen LogP) is 4.83. The monoisotopic (exact) mass is 300 g/mol. The van der Waals surface area contributed by atoms with E-state index in [1.165, 1.54) is 4.88 Å². The first-order chi connectivity index (χ1) is 8.50. The van der Waals surface area contributed by atoms with E-state index in [9.17, 15) is 0 Å². The van der Waals surface area contributed by atoms with Gasteiger partial charge in [0.15, 0.2) is 0 Å². The van der Waals surface area contributed by atoms with Crippen molar-refractivity contribution in [1.29, 1.82) is 0 Å². The molecule has 0 aliphatic carbocycles. The molecule has 2 aromatic rings. The zero-order valence-electron chi connectivity index (χ0n) is 10.2. The van der Waals surface area contributed by atoms with Gasteiger partial charge < -0.3 is 10.6 Å².